The summed E-state index contributed by atoms with van der Waals surface area (Å²) in [6, 6.07) is 0. The second kappa shape index (κ2) is 3.32. The molecule has 1 rings (SSSR count). The SMILES string of the molecule is CC(=O)C1C=CC(P)=C(C)C1. The van der Waals surface area contributed by atoms with E-state index in [1.54, 1.807) is 6.92 Å². The molecule has 0 amide bonds. The zero-order valence-corrected chi connectivity index (χ0v) is 8.08. The van der Waals surface area contributed by atoms with Gasteiger partial charge in [-0.2, -0.15) is 0 Å². The van der Waals surface area contributed by atoms with Gasteiger partial charge >= 0.3 is 0 Å². The van der Waals surface area contributed by atoms with Crippen molar-refractivity contribution >= 4 is 15.0 Å². The molecule has 0 saturated heterocycles. The lowest BCUT2D eigenvalue weighted by molar-refractivity contribution is -0.119. The van der Waals surface area contributed by atoms with Crippen molar-refractivity contribution in [2.75, 3.05) is 0 Å². The van der Waals surface area contributed by atoms with E-state index in [9.17, 15) is 4.79 Å². The predicted octanol–water partition coefficient (Wildman–Crippen LogP) is 2.30. The fourth-order valence-electron chi connectivity index (χ4n) is 1.16. The molecule has 2 atom stereocenters. The Morgan fingerprint density at radius 2 is 2.36 bits per heavy atom. The molecule has 0 spiro atoms. The van der Waals surface area contributed by atoms with E-state index in [2.05, 4.69) is 16.2 Å². The van der Waals surface area contributed by atoms with Gasteiger partial charge in [0.1, 0.15) is 5.78 Å². The molecule has 0 aromatic carbocycles. The average molecular weight is 168 g/mol. The third-order valence-electron chi connectivity index (χ3n) is 2.05. The molecule has 0 aromatic heterocycles. The number of rotatable bonds is 1. The molecule has 2 unspecified atom stereocenters. The third-order valence-corrected chi connectivity index (χ3v) is 2.73. The monoisotopic (exact) mass is 168 g/mol. The maximum absolute atomic E-state index is 11.0. The second-order valence-corrected chi connectivity index (χ2v) is 3.64. The van der Waals surface area contributed by atoms with E-state index in [1.807, 2.05) is 12.2 Å². The van der Waals surface area contributed by atoms with Crippen molar-refractivity contribution in [1.82, 2.24) is 0 Å². The zero-order valence-electron chi connectivity index (χ0n) is 6.92. The van der Waals surface area contributed by atoms with Crippen LogP contribution in [0.1, 0.15) is 20.3 Å². The third kappa shape index (κ3) is 2.00. The molecule has 11 heavy (non-hydrogen) atoms. The van der Waals surface area contributed by atoms with Crippen LogP contribution < -0.4 is 0 Å². The van der Waals surface area contributed by atoms with Gasteiger partial charge in [0.25, 0.3) is 0 Å². The van der Waals surface area contributed by atoms with Crippen molar-refractivity contribution in [1.29, 1.82) is 0 Å². The first-order valence-electron chi connectivity index (χ1n) is 3.75. The Bertz CT molecular complexity index is 238. The molecule has 0 N–H and O–H groups in total. The van der Waals surface area contributed by atoms with Crippen LogP contribution in [-0.4, -0.2) is 5.78 Å². The van der Waals surface area contributed by atoms with E-state index >= 15 is 0 Å². The summed E-state index contributed by atoms with van der Waals surface area (Å²) in [5.74, 6) is 0.386. The van der Waals surface area contributed by atoms with Crippen molar-refractivity contribution in [3.8, 4) is 0 Å². The Morgan fingerprint density at radius 1 is 1.73 bits per heavy atom. The van der Waals surface area contributed by atoms with Gasteiger partial charge in [0.05, 0.1) is 0 Å². The summed E-state index contributed by atoms with van der Waals surface area (Å²) in [6.45, 7) is 3.72. The standard InChI is InChI=1S/C9H13OP/c1-6-5-8(7(2)10)3-4-9(6)11/h3-4,8H,5,11H2,1-2H3. The molecule has 0 aromatic rings. The number of allylic oxidation sites excluding steroid dienone is 4. The molecule has 0 aliphatic heterocycles. The summed E-state index contributed by atoms with van der Waals surface area (Å²) in [7, 11) is 2.67. The summed E-state index contributed by atoms with van der Waals surface area (Å²) < 4.78 is 0. The van der Waals surface area contributed by atoms with E-state index in [0.717, 1.165) is 6.42 Å². The fraction of sp³-hybridized carbons (Fsp3) is 0.444. The van der Waals surface area contributed by atoms with Gasteiger partial charge in [0, 0.05) is 5.92 Å². The molecule has 0 radical (unpaired) electrons. The van der Waals surface area contributed by atoms with Crippen LogP contribution in [0.15, 0.2) is 23.0 Å². The molecular formula is C9H13OP. The number of carbonyl (C=O) groups excluding carboxylic acids is 1. The van der Waals surface area contributed by atoms with E-state index in [-0.39, 0.29) is 11.7 Å². The highest BCUT2D eigenvalue weighted by Crippen LogP contribution is 2.27. The van der Waals surface area contributed by atoms with Gasteiger partial charge in [0.2, 0.25) is 0 Å². The maximum Gasteiger partial charge on any atom is 0.136 e. The minimum Gasteiger partial charge on any atom is -0.299 e. The topological polar surface area (TPSA) is 17.1 Å². The lowest BCUT2D eigenvalue weighted by Crippen LogP contribution is -2.10. The Balaban J connectivity index is 2.74. The molecule has 0 heterocycles. The van der Waals surface area contributed by atoms with Gasteiger partial charge < -0.3 is 0 Å². The van der Waals surface area contributed by atoms with Crippen molar-refractivity contribution in [2.24, 2.45) is 5.92 Å². The molecular weight excluding hydrogens is 155 g/mol. The van der Waals surface area contributed by atoms with E-state index in [4.69, 9.17) is 0 Å². The van der Waals surface area contributed by atoms with Crippen LogP contribution in [0.3, 0.4) is 0 Å². The molecule has 1 aliphatic rings. The van der Waals surface area contributed by atoms with Crippen LogP contribution in [0.5, 0.6) is 0 Å². The van der Waals surface area contributed by atoms with E-state index in [0.29, 0.717) is 0 Å². The lowest BCUT2D eigenvalue weighted by atomic mass is 9.92. The Hall–Kier alpha value is -0.420. The minimum atomic E-state index is 0.124. The van der Waals surface area contributed by atoms with Crippen molar-refractivity contribution < 1.29 is 4.79 Å². The van der Waals surface area contributed by atoms with Crippen molar-refractivity contribution in [3.63, 3.8) is 0 Å². The molecule has 0 fully saturated rings. The summed E-state index contributed by atoms with van der Waals surface area (Å²) in [5, 5.41) is 1.22. The van der Waals surface area contributed by atoms with Crippen LogP contribution in [-0.2, 0) is 4.79 Å². The molecule has 60 valence electrons. The first-order chi connectivity index (χ1) is 5.11. The second-order valence-electron chi connectivity index (χ2n) is 3.02. The summed E-state index contributed by atoms with van der Waals surface area (Å²) in [4.78, 5) is 11.0. The highest BCUT2D eigenvalue weighted by Gasteiger charge is 2.14. The number of hydrogen-bond donors (Lipinski definition) is 0. The number of ketones is 1. The minimum absolute atomic E-state index is 0.124. The van der Waals surface area contributed by atoms with Crippen LogP contribution >= 0.6 is 9.24 Å². The summed E-state index contributed by atoms with van der Waals surface area (Å²) in [6.07, 6.45) is 4.89. The van der Waals surface area contributed by atoms with E-state index < -0.39 is 0 Å². The lowest BCUT2D eigenvalue weighted by Gasteiger charge is -2.15. The van der Waals surface area contributed by atoms with Gasteiger partial charge in [-0.3, -0.25) is 4.79 Å². The Labute approximate surface area is 69.8 Å². The van der Waals surface area contributed by atoms with Gasteiger partial charge in [-0.25, -0.2) is 0 Å². The highest BCUT2D eigenvalue weighted by atomic mass is 31.0. The highest BCUT2D eigenvalue weighted by molar-refractivity contribution is 7.23. The summed E-state index contributed by atoms with van der Waals surface area (Å²) >= 11 is 0. The Morgan fingerprint density at radius 3 is 2.82 bits per heavy atom. The fourth-order valence-corrected chi connectivity index (χ4v) is 1.39. The van der Waals surface area contributed by atoms with Gasteiger partial charge in [-0.1, -0.05) is 17.7 Å². The van der Waals surface area contributed by atoms with Crippen molar-refractivity contribution in [3.05, 3.63) is 23.0 Å². The number of hydrogen-bond acceptors (Lipinski definition) is 1. The smallest absolute Gasteiger partial charge is 0.136 e. The van der Waals surface area contributed by atoms with Gasteiger partial charge in [-0.15, -0.1) is 9.24 Å². The van der Waals surface area contributed by atoms with E-state index in [1.165, 1.54) is 10.9 Å². The largest absolute Gasteiger partial charge is 0.299 e. The quantitative estimate of drug-likeness (QED) is 0.549. The van der Waals surface area contributed by atoms with Crippen molar-refractivity contribution in [2.45, 2.75) is 20.3 Å². The molecule has 0 bridgehead atoms. The number of Topliss-reactive ketones (excluding diaryl/α,β-unsaturated/α-hetero) is 1. The Kier molecular flexibility index (Phi) is 2.62. The van der Waals surface area contributed by atoms with Gasteiger partial charge in [-0.05, 0) is 25.6 Å². The van der Waals surface area contributed by atoms with Gasteiger partial charge in [0.15, 0.2) is 0 Å². The number of carbonyl (C=O) groups is 1. The van der Waals surface area contributed by atoms with Crippen LogP contribution in [0.2, 0.25) is 0 Å². The van der Waals surface area contributed by atoms with Crippen LogP contribution in [0, 0.1) is 5.92 Å². The molecule has 2 heteroatoms. The zero-order chi connectivity index (χ0) is 8.43. The predicted molar refractivity (Wildman–Crippen MR) is 50.3 cm³/mol. The maximum atomic E-state index is 11.0. The van der Waals surface area contributed by atoms with Crippen LogP contribution in [0.25, 0.3) is 0 Å². The molecule has 1 aliphatic carbocycles. The first kappa shape index (κ1) is 8.67. The molecule has 0 saturated carbocycles. The normalized spacial score (nSPS) is 24.1. The van der Waals surface area contributed by atoms with Crippen LogP contribution in [0.4, 0.5) is 0 Å². The molecule has 1 nitrogen and oxygen atoms in total. The average Bonchev–Trinajstić information content (AvgIpc) is 1.94. The summed E-state index contributed by atoms with van der Waals surface area (Å²) in [5.41, 5.74) is 1.30. The first-order valence-corrected chi connectivity index (χ1v) is 4.33.